The predicted molar refractivity (Wildman–Crippen MR) is 108 cm³/mol. The number of ether oxygens (including phenoxy) is 4. The number of nitrogens with zero attached hydrogens (tertiary/aromatic N) is 1. The molecule has 8 nitrogen and oxygen atoms in total. The van der Waals surface area contributed by atoms with E-state index < -0.39 is 5.92 Å². The molecule has 1 heterocycles. The van der Waals surface area contributed by atoms with Gasteiger partial charge in [0.2, 0.25) is 11.8 Å². The lowest BCUT2D eigenvalue weighted by Gasteiger charge is -2.18. The Morgan fingerprint density at radius 2 is 1.59 bits per heavy atom. The fraction of sp³-hybridized carbons (Fsp3) is 0.333. The molecule has 1 N–H and O–H groups in total. The van der Waals surface area contributed by atoms with Gasteiger partial charge in [-0.15, -0.1) is 0 Å². The Kier molecular flexibility index (Phi) is 6.11. The van der Waals surface area contributed by atoms with Gasteiger partial charge >= 0.3 is 0 Å². The maximum atomic E-state index is 12.7. The van der Waals surface area contributed by atoms with Crippen LogP contribution in [0.2, 0.25) is 0 Å². The number of rotatable bonds is 7. The highest BCUT2D eigenvalue weighted by Crippen LogP contribution is 2.34. The van der Waals surface area contributed by atoms with E-state index in [0.29, 0.717) is 34.4 Å². The second-order valence-electron chi connectivity index (χ2n) is 6.54. The molecule has 0 radical (unpaired) electrons. The van der Waals surface area contributed by atoms with Gasteiger partial charge in [0.05, 0.1) is 34.4 Å². The van der Waals surface area contributed by atoms with Crippen molar-refractivity contribution in [3.05, 3.63) is 36.4 Å². The normalized spacial score (nSPS) is 15.8. The molecule has 0 aliphatic carbocycles. The monoisotopic (exact) mass is 400 g/mol. The molecule has 1 fully saturated rings. The van der Waals surface area contributed by atoms with E-state index >= 15 is 0 Å². The van der Waals surface area contributed by atoms with E-state index in [1.165, 1.54) is 21.3 Å². The first-order valence-electron chi connectivity index (χ1n) is 9.05. The SMILES string of the molecule is COc1cc(NC(=O)C2CC(=O)N(c3ccc(OC)c(OC)c3)C2)cc(OC)c1. The molecule has 0 saturated carbocycles. The molecule has 1 aliphatic rings. The van der Waals surface area contributed by atoms with Gasteiger partial charge in [-0.1, -0.05) is 0 Å². The van der Waals surface area contributed by atoms with Gasteiger partial charge in [0.25, 0.3) is 0 Å². The molecule has 1 aliphatic heterocycles. The highest BCUT2D eigenvalue weighted by molar-refractivity contribution is 6.03. The standard InChI is InChI=1S/C21H24N2O6/c1-26-16-8-14(9-17(11-16)27-2)22-21(25)13-7-20(24)23(12-13)15-5-6-18(28-3)19(10-15)29-4/h5-6,8-11,13H,7,12H2,1-4H3,(H,22,25). The minimum absolute atomic E-state index is 0.124. The Labute approximate surface area is 169 Å². The van der Waals surface area contributed by atoms with Gasteiger partial charge in [0.1, 0.15) is 11.5 Å². The van der Waals surface area contributed by atoms with Crippen LogP contribution in [0.5, 0.6) is 23.0 Å². The third kappa shape index (κ3) is 4.37. The summed E-state index contributed by atoms with van der Waals surface area (Å²) >= 11 is 0. The number of nitrogens with one attached hydrogen (secondary N) is 1. The van der Waals surface area contributed by atoms with Gasteiger partial charge in [-0.2, -0.15) is 0 Å². The summed E-state index contributed by atoms with van der Waals surface area (Å²) in [7, 11) is 6.16. The van der Waals surface area contributed by atoms with E-state index in [1.807, 2.05) is 0 Å². The Balaban J connectivity index is 1.74. The predicted octanol–water partition coefficient (Wildman–Crippen LogP) is 2.71. The van der Waals surface area contributed by atoms with Gasteiger partial charge in [-0.25, -0.2) is 0 Å². The molecule has 8 heteroatoms. The molecule has 1 unspecified atom stereocenters. The molecular formula is C21H24N2O6. The first-order valence-corrected chi connectivity index (χ1v) is 9.05. The smallest absolute Gasteiger partial charge is 0.229 e. The van der Waals surface area contributed by atoms with Crippen molar-refractivity contribution in [1.82, 2.24) is 0 Å². The number of carbonyl (C=O) groups is 2. The molecule has 0 aromatic heterocycles. The van der Waals surface area contributed by atoms with Crippen LogP contribution in [0.15, 0.2) is 36.4 Å². The van der Waals surface area contributed by atoms with Crippen LogP contribution in [-0.4, -0.2) is 46.8 Å². The van der Waals surface area contributed by atoms with E-state index in [4.69, 9.17) is 18.9 Å². The summed E-state index contributed by atoms with van der Waals surface area (Å²) in [6.45, 7) is 0.279. The molecule has 2 amide bonds. The van der Waals surface area contributed by atoms with Gasteiger partial charge < -0.3 is 29.2 Å². The number of amides is 2. The van der Waals surface area contributed by atoms with Crippen molar-refractivity contribution in [2.45, 2.75) is 6.42 Å². The second kappa shape index (κ2) is 8.72. The van der Waals surface area contributed by atoms with Crippen LogP contribution in [-0.2, 0) is 9.59 Å². The molecule has 3 rings (SSSR count). The summed E-state index contributed by atoms with van der Waals surface area (Å²) in [4.78, 5) is 26.9. The molecule has 1 atom stereocenters. The third-order valence-electron chi connectivity index (χ3n) is 4.79. The fourth-order valence-corrected chi connectivity index (χ4v) is 3.25. The summed E-state index contributed by atoms with van der Waals surface area (Å²) in [5.41, 5.74) is 1.20. The van der Waals surface area contributed by atoms with Gasteiger partial charge in [0.15, 0.2) is 11.5 Å². The number of methoxy groups -OCH3 is 4. The molecule has 0 bridgehead atoms. The Morgan fingerprint density at radius 3 is 2.17 bits per heavy atom. The maximum Gasteiger partial charge on any atom is 0.229 e. The summed E-state index contributed by atoms with van der Waals surface area (Å²) in [5.74, 6) is 1.38. The zero-order chi connectivity index (χ0) is 21.0. The summed E-state index contributed by atoms with van der Waals surface area (Å²) in [6.07, 6.45) is 0.126. The largest absolute Gasteiger partial charge is 0.497 e. The Hall–Kier alpha value is -3.42. The van der Waals surface area contributed by atoms with Gasteiger partial charge in [-0.05, 0) is 12.1 Å². The lowest BCUT2D eigenvalue weighted by atomic mass is 10.1. The number of anilines is 2. The summed E-state index contributed by atoms with van der Waals surface area (Å²) in [5, 5.41) is 2.84. The van der Waals surface area contributed by atoms with Crippen LogP contribution in [0.1, 0.15) is 6.42 Å². The number of hydrogen-bond donors (Lipinski definition) is 1. The van der Waals surface area contributed by atoms with Crippen LogP contribution < -0.4 is 29.2 Å². The molecular weight excluding hydrogens is 376 g/mol. The molecule has 154 valence electrons. The van der Waals surface area contributed by atoms with Crippen molar-refractivity contribution < 1.29 is 28.5 Å². The van der Waals surface area contributed by atoms with Crippen LogP contribution in [0.3, 0.4) is 0 Å². The zero-order valence-electron chi connectivity index (χ0n) is 16.9. The lowest BCUT2D eigenvalue weighted by molar-refractivity contribution is -0.122. The summed E-state index contributed by atoms with van der Waals surface area (Å²) in [6, 6.07) is 10.3. The number of benzene rings is 2. The topological polar surface area (TPSA) is 86.3 Å². The zero-order valence-corrected chi connectivity index (χ0v) is 16.9. The van der Waals surface area contributed by atoms with Crippen molar-refractivity contribution in [2.75, 3.05) is 45.2 Å². The van der Waals surface area contributed by atoms with E-state index in [1.54, 1.807) is 48.4 Å². The van der Waals surface area contributed by atoms with Crippen molar-refractivity contribution >= 4 is 23.2 Å². The van der Waals surface area contributed by atoms with Gasteiger partial charge in [-0.3, -0.25) is 9.59 Å². The Bertz CT molecular complexity index is 892. The molecule has 1 saturated heterocycles. The van der Waals surface area contributed by atoms with Crippen molar-refractivity contribution in [1.29, 1.82) is 0 Å². The number of hydrogen-bond acceptors (Lipinski definition) is 6. The van der Waals surface area contributed by atoms with E-state index in [-0.39, 0.29) is 24.8 Å². The fourth-order valence-electron chi connectivity index (χ4n) is 3.25. The van der Waals surface area contributed by atoms with E-state index in [2.05, 4.69) is 5.32 Å². The van der Waals surface area contributed by atoms with Crippen LogP contribution in [0.4, 0.5) is 11.4 Å². The van der Waals surface area contributed by atoms with Crippen LogP contribution in [0.25, 0.3) is 0 Å². The second-order valence-corrected chi connectivity index (χ2v) is 6.54. The number of carbonyl (C=O) groups excluding carboxylic acids is 2. The quantitative estimate of drug-likeness (QED) is 0.769. The van der Waals surface area contributed by atoms with Crippen LogP contribution in [0, 0.1) is 5.92 Å². The van der Waals surface area contributed by atoms with E-state index in [9.17, 15) is 9.59 Å². The highest BCUT2D eigenvalue weighted by atomic mass is 16.5. The minimum atomic E-state index is -0.479. The molecule has 2 aromatic rings. The molecule has 2 aromatic carbocycles. The van der Waals surface area contributed by atoms with Crippen molar-refractivity contribution in [2.24, 2.45) is 5.92 Å². The Morgan fingerprint density at radius 1 is 0.931 bits per heavy atom. The van der Waals surface area contributed by atoms with Crippen molar-refractivity contribution in [3.8, 4) is 23.0 Å². The van der Waals surface area contributed by atoms with E-state index in [0.717, 1.165) is 0 Å². The average molecular weight is 400 g/mol. The maximum absolute atomic E-state index is 12.7. The van der Waals surface area contributed by atoms with Gasteiger partial charge in [0, 0.05) is 48.6 Å². The first kappa shape index (κ1) is 20.3. The minimum Gasteiger partial charge on any atom is -0.497 e. The van der Waals surface area contributed by atoms with Crippen molar-refractivity contribution in [3.63, 3.8) is 0 Å². The molecule has 0 spiro atoms. The first-order chi connectivity index (χ1) is 14.0. The summed E-state index contributed by atoms with van der Waals surface area (Å²) < 4.78 is 21.0. The third-order valence-corrected chi connectivity index (χ3v) is 4.79. The average Bonchev–Trinajstić information content (AvgIpc) is 3.14. The van der Waals surface area contributed by atoms with Crippen LogP contribution >= 0.6 is 0 Å². The highest BCUT2D eigenvalue weighted by Gasteiger charge is 2.35. The lowest BCUT2D eigenvalue weighted by Crippen LogP contribution is -2.28. The molecule has 29 heavy (non-hydrogen) atoms.